The van der Waals surface area contributed by atoms with E-state index < -0.39 is 0 Å². The lowest BCUT2D eigenvalue weighted by Crippen LogP contribution is -2.50. The van der Waals surface area contributed by atoms with Crippen LogP contribution in [0.5, 0.6) is 0 Å². The van der Waals surface area contributed by atoms with E-state index in [9.17, 15) is 9.59 Å². The van der Waals surface area contributed by atoms with Crippen molar-refractivity contribution in [2.75, 3.05) is 38.0 Å². The summed E-state index contributed by atoms with van der Waals surface area (Å²) in [5, 5.41) is 4.43. The standard InChI is InChI=1S/C19H24N4O2/c1-14-3-4-17-16(13-14)18(5-7-20-17)21-8-6-19(25)23-11-9-22(10-12-23)15(2)24/h3-5,7,13H,6,8-12H2,1-2H3,(H,20,21). The molecular weight excluding hydrogens is 316 g/mol. The highest BCUT2D eigenvalue weighted by Gasteiger charge is 2.21. The number of fused-ring (bicyclic) bond motifs is 1. The number of carbonyl (C=O) groups excluding carboxylic acids is 2. The molecule has 1 aromatic carbocycles. The van der Waals surface area contributed by atoms with Gasteiger partial charge in [-0.3, -0.25) is 14.6 Å². The first kappa shape index (κ1) is 17.2. The van der Waals surface area contributed by atoms with Crippen molar-refractivity contribution in [2.24, 2.45) is 0 Å². The first-order chi connectivity index (χ1) is 12.0. The summed E-state index contributed by atoms with van der Waals surface area (Å²) in [5.41, 5.74) is 3.13. The molecule has 0 radical (unpaired) electrons. The fourth-order valence-corrected chi connectivity index (χ4v) is 3.15. The Morgan fingerprint density at radius 3 is 2.56 bits per heavy atom. The molecule has 0 aliphatic carbocycles. The Labute approximate surface area is 147 Å². The molecule has 2 heterocycles. The summed E-state index contributed by atoms with van der Waals surface area (Å²) in [6.07, 6.45) is 2.22. The maximum Gasteiger partial charge on any atom is 0.224 e. The summed E-state index contributed by atoms with van der Waals surface area (Å²) in [6, 6.07) is 8.10. The molecule has 0 bridgehead atoms. The average Bonchev–Trinajstić information content (AvgIpc) is 2.62. The third kappa shape index (κ3) is 4.07. The van der Waals surface area contributed by atoms with Crippen LogP contribution in [0.2, 0.25) is 0 Å². The molecule has 1 aliphatic heterocycles. The van der Waals surface area contributed by atoms with Crippen molar-refractivity contribution in [2.45, 2.75) is 20.3 Å². The fraction of sp³-hybridized carbons (Fsp3) is 0.421. The number of piperazine rings is 1. The predicted molar refractivity (Wildman–Crippen MR) is 98.4 cm³/mol. The van der Waals surface area contributed by atoms with Gasteiger partial charge in [-0.2, -0.15) is 0 Å². The summed E-state index contributed by atoms with van der Waals surface area (Å²) in [7, 11) is 0. The van der Waals surface area contributed by atoms with Crippen LogP contribution in [0.3, 0.4) is 0 Å². The lowest BCUT2D eigenvalue weighted by molar-refractivity contribution is -0.138. The smallest absolute Gasteiger partial charge is 0.224 e. The summed E-state index contributed by atoms with van der Waals surface area (Å²) in [4.78, 5) is 31.7. The van der Waals surface area contributed by atoms with Gasteiger partial charge in [0.2, 0.25) is 11.8 Å². The number of hydrogen-bond donors (Lipinski definition) is 1. The zero-order valence-electron chi connectivity index (χ0n) is 14.8. The maximum atomic E-state index is 12.4. The molecule has 0 spiro atoms. The van der Waals surface area contributed by atoms with E-state index in [1.165, 1.54) is 5.56 Å². The van der Waals surface area contributed by atoms with Crippen LogP contribution in [0.25, 0.3) is 10.9 Å². The van der Waals surface area contributed by atoms with Crippen LogP contribution in [-0.2, 0) is 9.59 Å². The van der Waals surface area contributed by atoms with Crippen LogP contribution in [0, 0.1) is 6.92 Å². The number of benzene rings is 1. The minimum absolute atomic E-state index is 0.0774. The van der Waals surface area contributed by atoms with Gasteiger partial charge < -0.3 is 15.1 Å². The van der Waals surface area contributed by atoms with Crippen molar-refractivity contribution in [1.82, 2.24) is 14.8 Å². The molecule has 1 aromatic heterocycles. The summed E-state index contributed by atoms with van der Waals surface area (Å²) >= 11 is 0. The van der Waals surface area contributed by atoms with Crippen LogP contribution >= 0.6 is 0 Å². The van der Waals surface area contributed by atoms with Crippen molar-refractivity contribution in [1.29, 1.82) is 0 Å². The van der Waals surface area contributed by atoms with Gasteiger partial charge in [0.15, 0.2) is 0 Å². The Bertz CT molecular complexity index is 782. The molecular formula is C19H24N4O2. The predicted octanol–water partition coefficient (Wildman–Crippen LogP) is 2.04. The lowest BCUT2D eigenvalue weighted by Gasteiger charge is -2.34. The van der Waals surface area contributed by atoms with Crippen LogP contribution < -0.4 is 5.32 Å². The molecule has 0 atom stereocenters. The van der Waals surface area contributed by atoms with Gasteiger partial charge in [-0.05, 0) is 25.1 Å². The molecule has 1 aliphatic rings. The highest BCUT2D eigenvalue weighted by Crippen LogP contribution is 2.22. The molecule has 1 fully saturated rings. The van der Waals surface area contributed by atoms with Gasteiger partial charge >= 0.3 is 0 Å². The molecule has 1 saturated heterocycles. The van der Waals surface area contributed by atoms with Gasteiger partial charge in [-0.25, -0.2) is 0 Å². The van der Waals surface area contributed by atoms with Gasteiger partial charge in [-0.1, -0.05) is 11.6 Å². The maximum absolute atomic E-state index is 12.4. The van der Waals surface area contributed by atoms with Crippen molar-refractivity contribution >= 4 is 28.4 Å². The molecule has 132 valence electrons. The molecule has 2 amide bonds. The van der Waals surface area contributed by atoms with E-state index in [-0.39, 0.29) is 11.8 Å². The Balaban J connectivity index is 1.54. The Hall–Kier alpha value is -2.63. The SMILES string of the molecule is CC(=O)N1CCN(C(=O)CCNc2ccnc3ccc(C)cc23)CC1. The summed E-state index contributed by atoms with van der Waals surface area (Å²) < 4.78 is 0. The Kier molecular flexibility index (Phi) is 5.16. The first-order valence-electron chi connectivity index (χ1n) is 8.67. The molecule has 2 aromatic rings. The van der Waals surface area contributed by atoms with Crippen LogP contribution in [0.15, 0.2) is 30.5 Å². The molecule has 6 nitrogen and oxygen atoms in total. The largest absolute Gasteiger partial charge is 0.384 e. The number of aromatic nitrogens is 1. The monoisotopic (exact) mass is 340 g/mol. The summed E-state index contributed by atoms with van der Waals surface area (Å²) in [6.45, 7) is 6.71. The fourth-order valence-electron chi connectivity index (χ4n) is 3.15. The third-order valence-corrected chi connectivity index (χ3v) is 4.63. The van der Waals surface area contributed by atoms with E-state index in [1.54, 1.807) is 18.0 Å². The highest BCUT2D eigenvalue weighted by atomic mass is 16.2. The minimum atomic E-state index is 0.0774. The van der Waals surface area contributed by atoms with Gasteiger partial charge in [0.25, 0.3) is 0 Å². The van der Waals surface area contributed by atoms with Crippen LogP contribution in [0.4, 0.5) is 5.69 Å². The molecule has 1 N–H and O–H groups in total. The number of carbonyl (C=O) groups is 2. The van der Waals surface area contributed by atoms with Crippen LogP contribution in [0.1, 0.15) is 18.9 Å². The number of aryl methyl sites for hydroxylation is 1. The van der Waals surface area contributed by atoms with Gasteiger partial charge in [0.1, 0.15) is 0 Å². The molecule has 6 heteroatoms. The van der Waals surface area contributed by atoms with E-state index in [2.05, 4.69) is 23.3 Å². The molecule has 0 unspecified atom stereocenters. The number of rotatable bonds is 4. The van der Waals surface area contributed by atoms with E-state index in [0.29, 0.717) is 39.1 Å². The zero-order valence-corrected chi connectivity index (χ0v) is 14.8. The van der Waals surface area contributed by atoms with Crippen molar-refractivity contribution < 1.29 is 9.59 Å². The zero-order chi connectivity index (χ0) is 17.8. The van der Waals surface area contributed by atoms with E-state index >= 15 is 0 Å². The molecule has 0 saturated carbocycles. The molecule has 25 heavy (non-hydrogen) atoms. The minimum Gasteiger partial charge on any atom is -0.384 e. The number of nitrogens with zero attached hydrogens (tertiary/aromatic N) is 3. The average molecular weight is 340 g/mol. The second kappa shape index (κ2) is 7.51. The second-order valence-electron chi connectivity index (χ2n) is 6.44. The van der Waals surface area contributed by atoms with Crippen molar-refractivity contribution in [3.63, 3.8) is 0 Å². The second-order valence-corrected chi connectivity index (χ2v) is 6.44. The van der Waals surface area contributed by atoms with E-state index in [1.807, 2.05) is 23.1 Å². The topological polar surface area (TPSA) is 65.5 Å². The normalized spacial score (nSPS) is 14.6. The Morgan fingerprint density at radius 2 is 1.84 bits per heavy atom. The number of nitrogens with one attached hydrogen (secondary N) is 1. The Morgan fingerprint density at radius 1 is 1.12 bits per heavy atom. The highest BCUT2D eigenvalue weighted by molar-refractivity contribution is 5.91. The van der Waals surface area contributed by atoms with Crippen molar-refractivity contribution in [3.05, 3.63) is 36.0 Å². The van der Waals surface area contributed by atoms with E-state index in [4.69, 9.17) is 0 Å². The van der Waals surface area contributed by atoms with Gasteiger partial charge in [-0.15, -0.1) is 0 Å². The summed E-state index contributed by atoms with van der Waals surface area (Å²) in [5.74, 6) is 0.207. The number of hydrogen-bond acceptors (Lipinski definition) is 4. The van der Waals surface area contributed by atoms with Gasteiger partial charge in [0, 0.05) is 63.3 Å². The number of anilines is 1. The third-order valence-electron chi connectivity index (χ3n) is 4.63. The van der Waals surface area contributed by atoms with E-state index in [0.717, 1.165) is 16.6 Å². The number of pyridine rings is 1. The lowest BCUT2D eigenvalue weighted by atomic mass is 10.1. The van der Waals surface area contributed by atoms with Crippen molar-refractivity contribution in [3.8, 4) is 0 Å². The number of amides is 2. The first-order valence-corrected chi connectivity index (χ1v) is 8.67. The molecule has 3 rings (SSSR count). The van der Waals surface area contributed by atoms with Crippen LogP contribution in [-0.4, -0.2) is 59.3 Å². The quantitative estimate of drug-likeness (QED) is 0.925. The van der Waals surface area contributed by atoms with Gasteiger partial charge in [0.05, 0.1) is 5.52 Å².